The lowest BCUT2D eigenvalue weighted by molar-refractivity contribution is 0.102. The van der Waals surface area contributed by atoms with Gasteiger partial charge in [-0.3, -0.25) is 9.59 Å². The molecule has 0 saturated carbocycles. The summed E-state index contributed by atoms with van der Waals surface area (Å²) in [5.74, 6) is -0.648. The molecule has 3 rings (SSSR count). The molecule has 0 atom stereocenters. The van der Waals surface area contributed by atoms with Crippen LogP contribution in [0, 0.1) is 0 Å². The Bertz CT molecular complexity index is 1070. The number of amides is 2. The number of nitrogen functional groups attached to an aromatic ring is 2. The lowest BCUT2D eigenvalue weighted by Crippen LogP contribution is -2.17. The molecule has 34 heavy (non-hydrogen) atoms. The van der Waals surface area contributed by atoms with E-state index in [-0.39, 0.29) is 11.8 Å². The number of carbonyl (C=O) groups is 2. The molecule has 0 aromatic heterocycles. The van der Waals surface area contributed by atoms with Gasteiger partial charge in [-0.05, 0) is 67.1 Å². The summed E-state index contributed by atoms with van der Waals surface area (Å²) in [4.78, 5) is 25.8. The van der Waals surface area contributed by atoms with E-state index < -0.39 is 0 Å². The summed E-state index contributed by atoms with van der Waals surface area (Å²) in [6.07, 6.45) is 5.93. The largest absolute Gasteiger partial charge is 0.397 e. The average Bonchev–Trinajstić information content (AvgIpc) is 2.85. The number of aryl methyl sites for hydroxylation is 2. The molecule has 0 fully saturated rings. The SMILES string of the molecule is CCCCc1cccc(NC(=O)c2cccc(C(=O)Nc3cccc(CCCC)c3N)c2)c1N. The normalized spacial score (nSPS) is 10.6. The molecule has 0 aliphatic carbocycles. The molecule has 6 nitrogen and oxygen atoms in total. The van der Waals surface area contributed by atoms with Crippen molar-refractivity contribution in [3.8, 4) is 0 Å². The molecular formula is C28H34N4O2. The van der Waals surface area contributed by atoms with Crippen LogP contribution in [-0.4, -0.2) is 11.8 Å². The predicted molar refractivity (Wildman–Crippen MR) is 141 cm³/mol. The molecule has 0 spiro atoms. The maximum atomic E-state index is 12.9. The average molecular weight is 459 g/mol. The summed E-state index contributed by atoms with van der Waals surface area (Å²) in [5.41, 5.74) is 17.7. The van der Waals surface area contributed by atoms with E-state index in [2.05, 4.69) is 24.5 Å². The van der Waals surface area contributed by atoms with Gasteiger partial charge < -0.3 is 22.1 Å². The molecule has 3 aromatic rings. The number of hydrogen-bond donors (Lipinski definition) is 4. The number of anilines is 4. The number of unbranched alkanes of at least 4 members (excludes halogenated alkanes) is 2. The number of nitrogens with two attached hydrogens (primary N) is 2. The van der Waals surface area contributed by atoms with Gasteiger partial charge in [-0.15, -0.1) is 0 Å². The van der Waals surface area contributed by atoms with Crippen molar-refractivity contribution in [2.45, 2.75) is 52.4 Å². The zero-order valence-corrected chi connectivity index (χ0v) is 20.0. The Morgan fingerprint density at radius 1 is 0.676 bits per heavy atom. The van der Waals surface area contributed by atoms with Crippen molar-refractivity contribution in [1.29, 1.82) is 0 Å². The summed E-state index contributed by atoms with van der Waals surface area (Å²) < 4.78 is 0. The molecule has 0 unspecified atom stereocenters. The van der Waals surface area contributed by atoms with Gasteiger partial charge in [0.05, 0.1) is 22.7 Å². The number of carbonyl (C=O) groups excluding carboxylic acids is 2. The molecule has 0 saturated heterocycles. The Morgan fingerprint density at radius 3 is 1.50 bits per heavy atom. The van der Waals surface area contributed by atoms with Crippen molar-refractivity contribution in [2.24, 2.45) is 0 Å². The number of nitrogens with one attached hydrogen (secondary N) is 2. The lowest BCUT2D eigenvalue weighted by Gasteiger charge is -2.13. The van der Waals surface area contributed by atoms with E-state index in [0.717, 1.165) is 49.7 Å². The zero-order chi connectivity index (χ0) is 24.5. The van der Waals surface area contributed by atoms with Crippen molar-refractivity contribution in [3.05, 3.63) is 82.9 Å². The van der Waals surface area contributed by atoms with Gasteiger partial charge in [-0.1, -0.05) is 57.0 Å². The lowest BCUT2D eigenvalue weighted by atomic mass is 10.0. The van der Waals surface area contributed by atoms with Gasteiger partial charge in [0.15, 0.2) is 0 Å². The Labute approximate surface area is 201 Å². The van der Waals surface area contributed by atoms with Crippen molar-refractivity contribution < 1.29 is 9.59 Å². The molecule has 0 bridgehead atoms. The van der Waals surface area contributed by atoms with Crippen LogP contribution in [0.4, 0.5) is 22.7 Å². The fourth-order valence-corrected chi connectivity index (χ4v) is 3.81. The Balaban J connectivity index is 1.74. The Kier molecular flexibility index (Phi) is 8.68. The first-order valence-corrected chi connectivity index (χ1v) is 11.9. The predicted octanol–water partition coefficient (Wildman–Crippen LogP) is 6.04. The molecule has 6 heteroatoms. The second kappa shape index (κ2) is 11.9. The second-order valence-corrected chi connectivity index (χ2v) is 8.45. The molecule has 0 heterocycles. The number of para-hydroxylation sites is 2. The van der Waals surface area contributed by atoms with E-state index in [1.807, 2.05) is 24.3 Å². The van der Waals surface area contributed by atoms with Crippen LogP contribution in [0.5, 0.6) is 0 Å². The first-order valence-electron chi connectivity index (χ1n) is 11.9. The topological polar surface area (TPSA) is 110 Å². The number of benzene rings is 3. The van der Waals surface area contributed by atoms with E-state index >= 15 is 0 Å². The van der Waals surface area contributed by atoms with Gasteiger partial charge in [0.25, 0.3) is 11.8 Å². The fourth-order valence-electron chi connectivity index (χ4n) is 3.81. The summed E-state index contributed by atoms with van der Waals surface area (Å²) in [7, 11) is 0. The minimum atomic E-state index is -0.324. The van der Waals surface area contributed by atoms with Crippen LogP contribution < -0.4 is 22.1 Å². The molecule has 0 radical (unpaired) electrons. The quantitative estimate of drug-likeness (QED) is 0.278. The van der Waals surface area contributed by atoms with Crippen molar-refractivity contribution in [3.63, 3.8) is 0 Å². The van der Waals surface area contributed by atoms with Crippen LogP contribution in [0.1, 0.15) is 71.4 Å². The van der Waals surface area contributed by atoms with Gasteiger partial charge in [0.1, 0.15) is 0 Å². The summed E-state index contributed by atoms with van der Waals surface area (Å²) in [5, 5.41) is 5.76. The minimum Gasteiger partial charge on any atom is -0.397 e. The maximum Gasteiger partial charge on any atom is 0.255 e. The van der Waals surface area contributed by atoms with Crippen molar-refractivity contribution in [1.82, 2.24) is 0 Å². The van der Waals surface area contributed by atoms with Crippen LogP contribution in [0.15, 0.2) is 60.7 Å². The third-order valence-corrected chi connectivity index (χ3v) is 5.88. The third-order valence-electron chi connectivity index (χ3n) is 5.88. The molecule has 6 N–H and O–H groups in total. The van der Waals surface area contributed by atoms with E-state index in [9.17, 15) is 9.59 Å². The Morgan fingerprint density at radius 2 is 1.09 bits per heavy atom. The first-order chi connectivity index (χ1) is 16.4. The summed E-state index contributed by atoms with van der Waals surface area (Å²) >= 11 is 0. The maximum absolute atomic E-state index is 12.9. The van der Waals surface area contributed by atoms with Crippen LogP contribution in [0.25, 0.3) is 0 Å². The number of hydrogen-bond acceptors (Lipinski definition) is 4. The molecule has 0 aliphatic heterocycles. The highest BCUT2D eigenvalue weighted by molar-refractivity contribution is 6.10. The van der Waals surface area contributed by atoms with Gasteiger partial charge in [-0.25, -0.2) is 0 Å². The van der Waals surface area contributed by atoms with Crippen LogP contribution in [0.2, 0.25) is 0 Å². The van der Waals surface area contributed by atoms with E-state index in [0.29, 0.717) is 33.9 Å². The molecule has 0 aliphatic rings. The van der Waals surface area contributed by atoms with Crippen LogP contribution >= 0.6 is 0 Å². The smallest absolute Gasteiger partial charge is 0.255 e. The van der Waals surface area contributed by atoms with E-state index in [4.69, 9.17) is 11.5 Å². The monoisotopic (exact) mass is 458 g/mol. The number of rotatable bonds is 10. The van der Waals surface area contributed by atoms with E-state index in [1.165, 1.54) is 0 Å². The molecule has 178 valence electrons. The van der Waals surface area contributed by atoms with Gasteiger partial charge in [0, 0.05) is 11.1 Å². The second-order valence-electron chi connectivity index (χ2n) is 8.45. The highest BCUT2D eigenvalue weighted by Gasteiger charge is 2.14. The fraction of sp³-hybridized carbons (Fsp3) is 0.286. The van der Waals surface area contributed by atoms with Crippen molar-refractivity contribution >= 4 is 34.6 Å². The van der Waals surface area contributed by atoms with Crippen molar-refractivity contribution in [2.75, 3.05) is 22.1 Å². The highest BCUT2D eigenvalue weighted by Crippen LogP contribution is 2.26. The third kappa shape index (κ3) is 6.16. The first kappa shape index (κ1) is 24.8. The van der Waals surface area contributed by atoms with Gasteiger partial charge >= 0.3 is 0 Å². The zero-order valence-electron chi connectivity index (χ0n) is 20.0. The van der Waals surface area contributed by atoms with Crippen LogP contribution in [0.3, 0.4) is 0 Å². The molecule has 2 amide bonds. The van der Waals surface area contributed by atoms with Gasteiger partial charge in [0.2, 0.25) is 0 Å². The summed E-state index contributed by atoms with van der Waals surface area (Å²) in [6.45, 7) is 4.25. The highest BCUT2D eigenvalue weighted by atomic mass is 16.2. The summed E-state index contributed by atoms with van der Waals surface area (Å²) in [6, 6.07) is 17.9. The molecular weight excluding hydrogens is 424 g/mol. The Hall–Kier alpha value is -3.80. The van der Waals surface area contributed by atoms with Gasteiger partial charge in [-0.2, -0.15) is 0 Å². The van der Waals surface area contributed by atoms with Crippen LogP contribution in [-0.2, 0) is 12.8 Å². The van der Waals surface area contributed by atoms with E-state index in [1.54, 1.807) is 36.4 Å². The molecule has 3 aromatic carbocycles. The minimum absolute atomic E-state index is 0.324. The standard InChI is InChI=1S/C28H34N4O2/c1-3-5-10-19-12-8-16-23(25(19)29)31-27(33)21-14-7-15-22(18-21)28(34)32-24-17-9-13-20(26(24)30)11-6-4-2/h7-9,12-18H,3-6,10-11,29-30H2,1-2H3,(H,31,33)(H,32,34).